The van der Waals surface area contributed by atoms with Gasteiger partial charge in [0.15, 0.2) is 0 Å². The molecule has 8 nitrogen and oxygen atoms in total. The van der Waals surface area contributed by atoms with Crippen LogP contribution in [0.5, 0.6) is 0 Å². The molecule has 0 spiro atoms. The molecule has 0 aromatic carbocycles. The van der Waals surface area contributed by atoms with Crippen LogP contribution < -0.4 is 0 Å². The summed E-state index contributed by atoms with van der Waals surface area (Å²) in [5.41, 5.74) is -0.333. The second-order valence-corrected chi connectivity index (χ2v) is 6.06. The van der Waals surface area contributed by atoms with Crippen molar-refractivity contribution in [2.45, 2.75) is 52.2 Å². The van der Waals surface area contributed by atoms with Crippen LogP contribution >= 0.6 is 0 Å². The molecular weight excluding hydrogens is 276 g/mol. The summed E-state index contributed by atoms with van der Waals surface area (Å²) in [6.07, 6.45) is 1.03. The van der Waals surface area contributed by atoms with E-state index in [9.17, 15) is 10.0 Å². The predicted molar refractivity (Wildman–Crippen MR) is 76.0 cm³/mol. The van der Waals surface area contributed by atoms with E-state index in [2.05, 4.69) is 5.28 Å². The molecule has 1 aliphatic heterocycles. The van der Waals surface area contributed by atoms with E-state index in [0.29, 0.717) is 37.4 Å². The minimum Gasteiger partial charge on any atom is -0.569 e. The number of aliphatic hydroxyl groups is 1. The molecule has 0 aliphatic carbocycles. The van der Waals surface area contributed by atoms with E-state index >= 15 is 0 Å². The molecule has 0 aromatic rings. The van der Waals surface area contributed by atoms with Crippen molar-refractivity contribution in [2.24, 2.45) is 5.28 Å². The largest absolute Gasteiger partial charge is 0.569 e. The second kappa shape index (κ2) is 7.44. The van der Waals surface area contributed by atoms with E-state index in [1.165, 1.54) is 0 Å². The number of amides is 1. The van der Waals surface area contributed by atoms with Crippen molar-refractivity contribution in [1.29, 1.82) is 0 Å². The van der Waals surface area contributed by atoms with Crippen LogP contribution in [0.2, 0.25) is 0 Å². The number of carbonyl (C=O) groups excluding carboxylic acids is 1. The van der Waals surface area contributed by atoms with E-state index in [4.69, 9.17) is 9.94 Å². The first-order valence-electron chi connectivity index (χ1n) is 7.29. The molecule has 1 aliphatic rings. The molecule has 1 N–H and O–H groups in total. The first-order chi connectivity index (χ1) is 9.79. The fourth-order valence-electron chi connectivity index (χ4n) is 2.31. The highest BCUT2D eigenvalue weighted by atomic mass is 16.7. The number of likely N-dealkylation sites (tertiary alicyclic amines) is 1. The van der Waals surface area contributed by atoms with Gasteiger partial charge in [-0.15, -0.1) is 5.01 Å². The second-order valence-electron chi connectivity index (χ2n) is 6.06. The standard InChI is InChI=1S/C13H26N4O4/c1-5-16(13(2,3)4)17(20)14-21-11-6-8-15(9-7-11)12(19)10-18/h11,18H,5-10H2,1-4H3/b17-14-. The van der Waals surface area contributed by atoms with Gasteiger partial charge in [0.25, 0.3) is 0 Å². The molecule has 0 radical (unpaired) electrons. The summed E-state index contributed by atoms with van der Waals surface area (Å²) in [5, 5.41) is 25.9. The minimum absolute atomic E-state index is 0.178. The quantitative estimate of drug-likeness (QED) is 0.463. The summed E-state index contributed by atoms with van der Waals surface area (Å²) >= 11 is 0. The molecule has 0 atom stereocenters. The van der Waals surface area contributed by atoms with Crippen LogP contribution in [-0.4, -0.2) is 63.8 Å². The predicted octanol–water partition coefficient (Wildman–Crippen LogP) is 0.899. The number of nitrogens with zero attached hydrogens (tertiary/aromatic N) is 4. The van der Waals surface area contributed by atoms with Crippen LogP contribution in [0.3, 0.4) is 0 Å². The van der Waals surface area contributed by atoms with Crippen molar-refractivity contribution in [3.63, 3.8) is 0 Å². The highest BCUT2D eigenvalue weighted by Gasteiger charge is 2.28. The molecule has 1 heterocycles. The number of piperidine rings is 1. The van der Waals surface area contributed by atoms with E-state index in [1.807, 2.05) is 27.7 Å². The van der Waals surface area contributed by atoms with Crippen LogP contribution in [0.1, 0.15) is 40.5 Å². The number of hydrazine groups is 1. The molecule has 21 heavy (non-hydrogen) atoms. The molecule has 0 unspecified atom stereocenters. The van der Waals surface area contributed by atoms with E-state index < -0.39 is 6.61 Å². The minimum atomic E-state index is -0.471. The Balaban J connectivity index is 2.49. The van der Waals surface area contributed by atoms with Gasteiger partial charge in [0, 0.05) is 25.9 Å². The van der Waals surface area contributed by atoms with Gasteiger partial charge in [0.2, 0.25) is 11.2 Å². The summed E-state index contributed by atoms with van der Waals surface area (Å²) in [6.45, 7) is 8.74. The summed E-state index contributed by atoms with van der Waals surface area (Å²) in [4.78, 5) is 18.7. The third kappa shape index (κ3) is 5.04. The SMILES string of the molecule is CCN(/[N+]([O-])=N/OC1CCN(C(=O)CO)CC1)C(C)(C)C. The zero-order valence-corrected chi connectivity index (χ0v) is 13.3. The summed E-state index contributed by atoms with van der Waals surface area (Å²) in [6, 6.07) is 0. The Morgan fingerprint density at radius 2 is 2.05 bits per heavy atom. The Bertz CT molecular complexity index is 373. The van der Waals surface area contributed by atoms with E-state index in [1.54, 1.807) is 9.91 Å². The first kappa shape index (κ1) is 17.5. The lowest BCUT2D eigenvalue weighted by molar-refractivity contribution is -0.725. The Labute approximate surface area is 125 Å². The molecule has 0 aromatic heterocycles. The zero-order valence-electron chi connectivity index (χ0n) is 13.3. The van der Waals surface area contributed by atoms with Gasteiger partial charge in [-0.3, -0.25) is 4.79 Å². The van der Waals surface area contributed by atoms with Crippen LogP contribution in [0, 0.1) is 5.21 Å². The monoisotopic (exact) mass is 302 g/mol. The molecule has 122 valence electrons. The van der Waals surface area contributed by atoms with Crippen molar-refractivity contribution in [2.75, 3.05) is 26.2 Å². The molecule has 0 bridgehead atoms. The van der Waals surface area contributed by atoms with E-state index in [-0.39, 0.29) is 17.6 Å². The maximum Gasteiger partial charge on any atom is 0.248 e. The van der Waals surface area contributed by atoms with Gasteiger partial charge in [-0.25, -0.2) is 0 Å². The average molecular weight is 302 g/mol. The van der Waals surface area contributed by atoms with Gasteiger partial charge in [-0.1, -0.05) is 0 Å². The molecule has 8 heteroatoms. The molecule has 1 amide bonds. The Morgan fingerprint density at radius 1 is 1.48 bits per heavy atom. The van der Waals surface area contributed by atoms with Gasteiger partial charge in [-0.2, -0.15) is 0 Å². The van der Waals surface area contributed by atoms with E-state index in [0.717, 1.165) is 0 Å². The third-order valence-corrected chi connectivity index (χ3v) is 3.48. The number of carbonyl (C=O) groups is 1. The fourth-order valence-corrected chi connectivity index (χ4v) is 2.31. The van der Waals surface area contributed by atoms with Crippen molar-refractivity contribution < 1.29 is 19.7 Å². The lowest BCUT2D eigenvalue weighted by Crippen LogP contribution is -2.46. The summed E-state index contributed by atoms with van der Waals surface area (Å²) < 4.78 is 0. The van der Waals surface area contributed by atoms with Crippen LogP contribution in [0.4, 0.5) is 0 Å². The van der Waals surface area contributed by atoms with Crippen molar-refractivity contribution in [3.05, 3.63) is 5.21 Å². The molecule has 0 saturated carbocycles. The first-order valence-corrected chi connectivity index (χ1v) is 7.29. The van der Waals surface area contributed by atoms with Gasteiger partial charge >= 0.3 is 0 Å². The highest BCUT2D eigenvalue weighted by molar-refractivity contribution is 5.77. The maximum absolute atomic E-state index is 11.9. The number of rotatable bonds is 5. The van der Waals surface area contributed by atoms with Gasteiger partial charge < -0.3 is 20.1 Å². The number of aliphatic hydroxyl groups excluding tert-OH is 1. The van der Waals surface area contributed by atoms with Gasteiger partial charge in [0.1, 0.15) is 12.7 Å². The number of hydrogen-bond acceptors (Lipinski definition) is 5. The van der Waals surface area contributed by atoms with Crippen LogP contribution in [0.15, 0.2) is 5.28 Å². The molecule has 1 fully saturated rings. The van der Waals surface area contributed by atoms with Crippen molar-refractivity contribution >= 4 is 5.91 Å². The Kier molecular flexibility index (Phi) is 6.19. The normalized spacial score (nSPS) is 17.8. The summed E-state index contributed by atoms with van der Waals surface area (Å²) in [7, 11) is 0. The molecular formula is C13H26N4O4. The lowest BCUT2D eigenvalue weighted by Gasteiger charge is -2.31. The lowest BCUT2D eigenvalue weighted by atomic mass is 10.1. The highest BCUT2D eigenvalue weighted by Crippen LogP contribution is 2.16. The molecule has 1 rings (SSSR count). The molecule has 1 saturated heterocycles. The van der Waals surface area contributed by atoms with Crippen LogP contribution in [-0.2, 0) is 9.63 Å². The number of hydrogen-bond donors (Lipinski definition) is 1. The average Bonchev–Trinajstić information content (AvgIpc) is 2.44. The maximum atomic E-state index is 11.9. The topological polar surface area (TPSA) is 91.4 Å². The van der Waals surface area contributed by atoms with Crippen molar-refractivity contribution in [3.8, 4) is 0 Å². The van der Waals surface area contributed by atoms with Crippen LogP contribution in [0.25, 0.3) is 0 Å². The van der Waals surface area contributed by atoms with Crippen molar-refractivity contribution in [1.82, 2.24) is 9.91 Å². The summed E-state index contributed by atoms with van der Waals surface area (Å²) in [5.74, 6) is -0.277. The Morgan fingerprint density at radius 3 is 2.48 bits per heavy atom. The third-order valence-electron chi connectivity index (χ3n) is 3.48. The Hall–Kier alpha value is -1.57. The van der Waals surface area contributed by atoms with Gasteiger partial charge in [-0.05, 0) is 27.7 Å². The smallest absolute Gasteiger partial charge is 0.248 e. The van der Waals surface area contributed by atoms with Gasteiger partial charge in [0.05, 0.1) is 17.1 Å². The fraction of sp³-hybridized carbons (Fsp3) is 0.923. The zero-order chi connectivity index (χ0) is 16.0.